The van der Waals surface area contributed by atoms with Gasteiger partial charge in [-0.2, -0.15) is 0 Å². The van der Waals surface area contributed by atoms with E-state index in [1.165, 1.54) is 21.9 Å². The molecule has 2 heteroatoms. The zero-order valence-electron chi connectivity index (χ0n) is 15.8. The van der Waals surface area contributed by atoms with Gasteiger partial charge in [0.1, 0.15) is 5.75 Å². The Kier molecular flexibility index (Phi) is 7.03. The molecule has 0 spiro atoms. The zero-order chi connectivity index (χ0) is 18.2. The minimum Gasteiger partial charge on any atom is -0.497 e. The first-order valence-electron chi connectivity index (χ1n) is 8.70. The van der Waals surface area contributed by atoms with Crippen molar-refractivity contribution >= 4 is 10.8 Å². The van der Waals surface area contributed by atoms with Crippen LogP contribution < -0.4 is 4.74 Å². The molecular weight excluding hydrogens is 308 g/mol. The molecular formula is C23H28O2. The molecule has 0 aliphatic carbocycles. The quantitative estimate of drug-likeness (QED) is 0.551. The van der Waals surface area contributed by atoms with Crippen LogP contribution >= 0.6 is 0 Å². The summed E-state index contributed by atoms with van der Waals surface area (Å²) in [5.41, 5.74) is 2.61. The van der Waals surface area contributed by atoms with E-state index in [9.17, 15) is 0 Å². The van der Waals surface area contributed by atoms with E-state index in [1.54, 1.807) is 14.2 Å². The number of benzene rings is 3. The highest BCUT2D eigenvalue weighted by molar-refractivity contribution is 5.84. The fourth-order valence-electron chi connectivity index (χ4n) is 2.59. The Balaban J connectivity index is 0.000000196. The molecule has 0 aliphatic rings. The second-order valence-corrected chi connectivity index (χ2v) is 6.42. The van der Waals surface area contributed by atoms with Crippen LogP contribution in [0.1, 0.15) is 43.9 Å². The molecule has 3 rings (SSSR count). The van der Waals surface area contributed by atoms with Crippen molar-refractivity contribution in [2.75, 3.05) is 14.2 Å². The predicted octanol–water partition coefficient (Wildman–Crippen LogP) is 6.37. The van der Waals surface area contributed by atoms with Crippen LogP contribution in [-0.2, 0) is 4.74 Å². The van der Waals surface area contributed by atoms with Crippen LogP contribution in [0.25, 0.3) is 10.8 Å². The Morgan fingerprint density at radius 1 is 0.680 bits per heavy atom. The lowest BCUT2D eigenvalue weighted by Gasteiger charge is -2.07. The van der Waals surface area contributed by atoms with Crippen molar-refractivity contribution in [1.82, 2.24) is 0 Å². The van der Waals surface area contributed by atoms with Gasteiger partial charge >= 0.3 is 0 Å². The second kappa shape index (κ2) is 9.24. The molecule has 3 aromatic rings. The summed E-state index contributed by atoms with van der Waals surface area (Å²) in [7, 11) is 3.42. The molecule has 0 saturated heterocycles. The summed E-state index contributed by atoms with van der Waals surface area (Å²) in [5, 5.41) is 2.51. The fourth-order valence-corrected chi connectivity index (χ4v) is 2.59. The third kappa shape index (κ3) is 5.33. The van der Waals surface area contributed by atoms with Gasteiger partial charge in [0.2, 0.25) is 0 Å². The SMILES string of the molecule is COC(C)c1ccccc1.COc1ccc2cc(C(C)C)ccc2c1. The van der Waals surface area contributed by atoms with Crippen LogP contribution in [0, 0.1) is 0 Å². The van der Waals surface area contributed by atoms with Gasteiger partial charge < -0.3 is 9.47 Å². The molecule has 0 saturated carbocycles. The zero-order valence-corrected chi connectivity index (χ0v) is 15.8. The maximum absolute atomic E-state index is 5.20. The molecule has 0 radical (unpaired) electrons. The first-order chi connectivity index (χ1) is 12.0. The van der Waals surface area contributed by atoms with Crippen molar-refractivity contribution < 1.29 is 9.47 Å². The highest BCUT2D eigenvalue weighted by Crippen LogP contribution is 2.24. The molecule has 0 heterocycles. The van der Waals surface area contributed by atoms with Crippen molar-refractivity contribution in [3.05, 3.63) is 77.9 Å². The third-order valence-corrected chi connectivity index (χ3v) is 4.36. The summed E-state index contributed by atoms with van der Waals surface area (Å²) in [5.74, 6) is 1.50. The molecule has 25 heavy (non-hydrogen) atoms. The number of ether oxygens (including phenoxy) is 2. The topological polar surface area (TPSA) is 18.5 Å². The molecule has 0 aliphatic heterocycles. The van der Waals surface area contributed by atoms with Gasteiger partial charge in [-0.05, 0) is 46.9 Å². The van der Waals surface area contributed by atoms with E-state index in [0.717, 1.165) is 5.75 Å². The monoisotopic (exact) mass is 336 g/mol. The van der Waals surface area contributed by atoms with Crippen LogP contribution in [0.2, 0.25) is 0 Å². The first kappa shape index (κ1) is 19.0. The van der Waals surface area contributed by atoms with Gasteiger partial charge in [-0.3, -0.25) is 0 Å². The summed E-state index contributed by atoms with van der Waals surface area (Å²) < 4.78 is 10.3. The Morgan fingerprint density at radius 2 is 1.32 bits per heavy atom. The maximum Gasteiger partial charge on any atom is 0.119 e. The minimum absolute atomic E-state index is 0.209. The average Bonchev–Trinajstić information content (AvgIpc) is 2.67. The van der Waals surface area contributed by atoms with Crippen LogP contribution in [0.15, 0.2) is 66.7 Å². The van der Waals surface area contributed by atoms with Crippen molar-refractivity contribution in [2.24, 2.45) is 0 Å². The molecule has 132 valence electrons. The molecule has 3 aromatic carbocycles. The molecule has 0 N–H and O–H groups in total. The molecule has 0 bridgehead atoms. The maximum atomic E-state index is 5.20. The van der Waals surface area contributed by atoms with Crippen LogP contribution in [-0.4, -0.2) is 14.2 Å². The summed E-state index contributed by atoms with van der Waals surface area (Å²) in [4.78, 5) is 0. The van der Waals surface area contributed by atoms with Crippen LogP contribution in [0.3, 0.4) is 0 Å². The lowest BCUT2D eigenvalue weighted by Crippen LogP contribution is -1.93. The Labute approximate surface area is 151 Å². The Bertz CT molecular complexity index is 778. The van der Waals surface area contributed by atoms with Crippen LogP contribution in [0.5, 0.6) is 5.75 Å². The standard InChI is InChI=1S/C14H16O.C9H12O/c1-10(2)11-4-5-13-9-14(15-3)7-6-12(13)8-11;1-8(10-2)9-6-4-3-5-7-9/h4-10H,1-3H3;3-8H,1-2H3. The van der Waals surface area contributed by atoms with Gasteiger partial charge in [-0.25, -0.2) is 0 Å². The van der Waals surface area contributed by atoms with Gasteiger partial charge in [-0.1, -0.05) is 68.4 Å². The molecule has 0 amide bonds. The number of fused-ring (bicyclic) bond motifs is 1. The van der Waals surface area contributed by atoms with E-state index in [2.05, 4.69) is 56.3 Å². The van der Waals surface area contributed by atoms with E-state index in [4.69, 9.17) is 9.47 Å². The van der Waals surface area contributed by atoms with Crippen molar-refractivity contribution in [1.29, 1.82) is 0 Å². The summed E-state index contributed by atoms with van der Waals surface area (Å²) in [6, 6.07) is 23.0. The normalized spacial score (nSPS) is 11.8. The van der Waals surface area contributed by atoms with Crippen molar-refractivity contribution in [2.45, 2.75) is 32.8 Å². The number of hydrogen-bond donors (Lipinski definition) is 0. The van der Waals surface area contributed by atoms with Crippen LogP contribution in [0.4, 0.5) is 0 Å². The molecule has 2 nitrogen and oxygen atoms in total. The molecule has 1 atom stereocenters. The highest BCUT2D eigenvalue weighted by Gasteiger charge is 2.01. The van der Waals surface area contributed by atoms with Gasteiger partial charge in [0.15, 0.2) is 0 Å². The molecule has 0 fully saturated rings. The predicted molar refractivity (Wildman–Crippen MR) is 106 cm³/mol. The lowest BCUT2D eigenvalue weighted by molar-refractivity contribution is 0.119. The van der Waals surface area contributed by atoms with Gasteiger partial charge in [0, 0.05) is 7.11 Å². The average molecular weight is 336 g/mol. The number of hydrogen-bond acceptors (Lipinski definition) is 2. The number of methoxy groups -OCH3 is 2. The van der Waals surface area contributed by atoms with E-state index in [0.29, 0.717) is 5.92 Å². The smallest absolute Gasteiger partial charge is 0.119 e. The summed E-state index contributed by atoms with van der Waals surface area (Å²) in [6.45, 7) is 6.46. The first-order valence-corrected chi connectivity index (χ1v) is 8.70. The fraction of sp³-hybridized carbons (Fsp3) is 0.304. The lowest BCUT2D eigenvalue weighted by atomic mass is 9.99. The molecule has 0 aromatic heterocycles. The van der Waals surface area contributed by atoms with Gasteiger partial charge in [-0.15, -0.1) is 0 Å². The highest BCUT2D eigenvalue weighted by atomic mass is 16.5. The summed E-state index contributed by atoms with van der Waals surface area (Å²) >= 11 is 0. The van der Waals surface area contributed by atoms with E-state index >= 15 is 0 Å². The van der Waals surface area contributed by atoms with Gasteiger partial charge in [0.05, 0.1) is 13.2 Å². The van der Waals surface area contributed by atoms with Crippen molar-refractivity contribution in [3.8, 4) is 5.75 Å². The van der Waals surface area contributed by atoms with E-state index in [-0.39, 0.29) is 6.10 Å². The molecule has 1 unspecified atom stereocenters. The van der Waals surface area contributed by atoms with E-state index in [1.807, 2.05) is 31.2 Å². The minimum atomic E-state index is 0.209. The third-order valence-electron chi connectivity index (χ3n) is 4.36. The Morgan fingerprint density at radius 3 is 1.92 bits per heavy atom. The Hall–Kier alpha value is -2.32. The number of rotatable bonds is 4. The second-order valence-electron chi connectivity index (χ2n) is 6.42. The summed E-state index contributed by atoms with van der Waals surface area (Å²) in [6.07, 6.45) is 0.209. The van der Waals surface area contributed by atoms with E-state index < -0.39 is 0 Å². The largest absolute Gasteiger partial charge is 0.497 e. The van der Waals surface area contributed by atoms with Gasteiger partial charge in [0.25, 0.3) is 0 Å². The van der Waals surface area contributed by atoms with Crippen molar-refractivity contribution in [3.63, 3.8) is 0 Å².